The lowest BCUT2D eigenvalue weighted by molar-refractivity contribution is 0.318. The van der Waals surface area contributed by atoms with Crippen molar-refractivity contribution in [3.63, 3.8) is 0 Å². The minimum atomic E-state index is 0.556. The second kappa shape index (κ2) is 6.84. The molecular formula is C13H19N5O. The Morgan fingerprint density at radius 3 is 2.79 bits per heavy atom. The van der Waals surface area contributed by atoms with Crippen molar-refractivity contribution in [3.8, 4) is 5.75 Å². The molecule has 0 atom stereocenters. The zero-order chi connectivity index (χ0) is 13.5. The fraction of sp³-hybridized carbons (Fsp3) is 0.462. The molecule has 102 valence electrons. The van der Waals surface area contributed by atoms with E-state index in [1.807, 2.05) is 31.3 Å². The number of aryl methyl sites for hydroxylation is 1. The molecule has 0 radical (unpaired) electrons. The number of ether oxygens (including phenoxy) is 1. The zero-order valence-corrected chi connectivity index (χ0v) is 11.3. The predicted molar refractivity (Wildman–Crippen MR) is 72.1 cm³/mol. The highest BCUT2D eigenvalue weighted by atomic mass is 16.5. The van der Waals surface area contributed by atoms with Crippen LogP contribution in [0.3, 0.4) is 0 Å². The van der Waals surface area contributed by atoms with Crippen LogP contribution in [0.5, 0.6) is 5.75 Å². The SMILES string of the molecule is CNCCn1nnc(CCOc2ccc(C)cc2)n1. The van der Waals surface area contributed by atoms with E-state index in [1.54, 1.807) is 4.80 Å². The first-order valence-corrected chi connectivity index (χ1v) is 6.38. The van der Waals surface area contributed by atoms with Gasteiger partial charge in [0.05, 0.1) is 13.2 Å². The summed E-state index contributed by atoms with van der Waals surface area (Å²) in [6.45, 7) is 4.16. The van der Waals surface area contributed by atoms with Gasteiger partial charge in [-0.05, 0) is 31.3 Å². The molecule has 1 heterocycles. The molecule has 0 saturated heterocycles. The number of nitrogens with one attached hydrogen (secondary N) is 1. The maximum absolute atomic E-state index is 5.63. The van der Waals surface area contributed by atoms with Gasteiger partial charge < -0.3 is 10.1 Å². The number of aromatic nitrogens is 4. The summed E-state index contributed by atoms with van der Waals surface area (Å²) in [5.74, 6) is 1.58. The van der Waals surface area contributed by atoms with E-state index in [0.29, 0.717) is 18.9 Å². The Hall–Kier alpha value is -1.95. The van der Waals surface area contributed by atoms with Gasteiger partial charge in [0, 0.05) is 13.0 Å². The van der Waals surface area contributed by atoms with E-state index in [4.69, 9.17) is 4.74 Å². The third kappa shape index (κ3) is 4.33. The highest BCUT2D eigenvalue weighted by Gasteiger charge is 2.02. The average molecular weight is 261 g/mol. The van der Waals surface area contributed by atoms with E-state index in [2.05, 4.69) is 27.7 Å². The summed E-state index contributed by atoms with van der Waals surface area (Å²) >= 11 is 0. The molecule has 0 aliphatic carbocycles. The fourth-order valence-corrected chi connectivity index (χ4v) is 1.58. The van der Waals surface area contributed by atoms with Crippen molar-refractivity contribution >= 4 is 0 Å². The lowest BCUT2D eigenvalue weighted by atomic mass is 10.2. The standard InChI is InChI=1S/C13H19N5O/c1-11-3-5-12(6-4-11)19-10-7-13-15-17-18(16-13)9-8-14-2/h3-6,14H,7-10H2,1-2H3. The topological polar surface area (TPSA) is 64.9 Å². The summed E-state index contributed by atoms with van der Waals surface area (Å²) in [7, 11) is 1.90. The number of nitrogens with zero attached hydrogens (tertiary/aromatic N) is 4. The number of likely N-dealkylation sites (N-methyl/N-ethyl adjacent to an activating group) is 1. The number of hydrogen-bond acceptors (Lipinski definition) is 5. The molecule has 0 bridgehead atoms. The van der Waals surface area contributed by atoms with Crippen LogP contribution >= 0.6 is 0 Å². The first-order chi connectivity index (χ1) is 9.28. The highest BCUT2D eigenvalue weighted by Crippen LogP contribution is 2.11. The molecule has 1 aromatic carbocycles. The molecule has 0 unspecified atom stereocenters. The van der Waals surface area contributed by atoms with E-state index in [1.165, 1.54) is 5.56 Å². The van der Waals surface area contributed by atoms with Gasteiger partial charge in [0.25, 0.3) is 0 Å². The molecule has 2 aromatic rings. The molecule has 19 heavy (non-hydrogen) atoms. The molecule has 1 N–H and O–H groups in total. The third-order valence-corrected chi connectivity index (χ3v) is 2.67. The predicted octanol–water partition coefficient (Wildman–Crippen LogP) is 0.822. The van der Waals surface area contributed by atoms with Crippen molar-refractivity contribution in [2.75, 3.05) is 20.2 Å². The molecule has 2 rings (SSSR count). The van der Waals surface area contributed by atoms with Crippen LogP contribution in [0.1, 0.15) is 11.4 Å². The van der Waals surface area contributed by atoms with Gasteiger partial charge >= 0.3 is 0 Å². The molecule has 0 aliphatic rings. The van der Waals surface area contributed by atoms with E-state index >= 15 is 0 Å². The van der Waals surface area contributed by atoms with Gasteiger partial charge in [0.15, 0.2) is 5.82 Å². The molecule has 0 saturated carbocycles. The van der Waals surface area contributed by atoms with E-state index < -0.39 is 0 Å². The maximum atomic E-state index is 5.63. The highest BCUT2D eigenvalue weighted by molar-refractivity contribution is 5.26. The van der Waals surface area contributed by atoms with Crippen LogP contribution < -0.4 is 10.1 Å². The van der Waals surface area contributed by atoms with Gasteiger partial charge in [-0.2, -0.15) is 4.80 Å². The number of hydrogen-bond donors (Lipinski definition) is 1. The van der Waals surface area contributed by atoms with E-state index in [-0.39, 0.29) is 0 Å². The summed E-state index contributed by atoms with van der Waals surface area (Å²) in [6.07, 6.45) is 0.660. The molecular weight excluding hydrogens is 242 g/mol. The molecule has 6 nitrogen and oxygen atoms in total. The molecule has 0 amide bonds. The van der Waals surface area contributed by atoms with Gasteiger partial charge in [-0.1, -0.05) is 17.7 Å². The summed E-state index contributed by atoms with van der Waals surface area (Å²) in [5, 5.41) is 15.3. The molecule has 6 heteroatoms. The quantitative estimate of drug-likeness (QED) is 0.799. The summed E-state index contributed by atoms with van der Waals surface area (Å²) in [6, 6.07) is 7.99. The second-order valence-electron chi connectivity index (χ2n) is 4.32. The molecule has 0 fully saturated rings. The van der Waals surface area contributed by atoms with Crippen molar-refractivity contribution in [3.05, 3.63) is 35.7 Å². The van der Waals surface area contributed by atoms with Crippen LogP contribution in [0.25, 0.3) is 0 Å². The molecule has 1 aromatic heterocycles. The van der Waals surface area contributed by atoms with Gasteiger partial charge in [-0.3, -0.25) is 0 Å². The van der Waals surface area contributed by atoms with Crippen molar-refractivity contribution in [2.24, 2.45) is 0 Å². The van der Waals surface area contributed by atoms with Crippen LogP contribution in [0.2, 0.25) is 0 Å². The van der Waals surface area contributed by atoms with Crippen molar-refractivity contribution in [2.45, 2.75) is 19.9 Å². The van der Waals surface area contributed by atoms with Gasteiger partial charge in [-0.15, -0.1) is 10.2 Å². The van der Waals surface area contributed by atoms with Crippen LogP contribution in [0.4, 0.5) is 0 Å². The minimum Gasteiger partial charge on any atom is -0.493 e. The van der Waals surface area contributed by atoms with Gasteiger partial charge in [-0.25, -0.2) is 0 Å². The Bertz CT molecular complexity index is 494. The van der Waals surface area contributed by atoms with Crippen molar-refractivity contribution < 1.29 is 4.74 Å². The van der Waals surface area contributed by atoms with E-state index in [0.717, 1.165) is 18.8 Å². The van der Waals surface area contributed by atoms with Crippen LogP contribution in [0, 0.1) is 6.92 Å². The number of benzene rings is 1. The summed E-state index contributed by atoms with van der Waals surface area (Å²) in [4.78, 5) is 1.59. The Kier molecular flexibility index (Phi) is 4.85. The van der Waals surface area contributed by atoms with Gasteiger partial charge in [0.1, 0.15) is 5.75 Å². The Morgan fingerprint density at radius 2 is 2.05 bits per heavy atom. The Labute approximate surface area is 112 Å². The minimum absolute atomic E-state index is 0.556. The lowest BCUT2D eigenvalue weighted by Crippen LogP contribution is -2.16. The zero-order valence-electron chi connectivity index (χ0n) is 11.3. The first-order valence-electron chi connectivity index (χ1n) is 6.38. The Balaban J connectivity index is 1.76. The third-order valence-electron chi connectivity index (χ3n) is 2.67. The van der Waals surface area contributed by atoms with Crippen LogP contribution in [-0.4, -0.2) is 40.4 Å². The average Bonchev–Trinajstić information content (AvgIpc) is 2.87. The lowest BCUT2D eigenvalue weighted by Gasteiger charge is -2.04. The fourth-order valence-electron chi connectivity index (χ4n) is 1.58. The first kappa shape index (κ1) is 13.5. The monoisotopic (exact) mass is 261 g/mol. The number of rotatable bonds is 7. The van der Waals surface area contributed by atoms with Crippen molar-refractivity contribution in [1.82, 2.24) is 25.5 Å². The smallest absolute Gasteiger partial charge is 0.178 e. The van der Waals surface area contributed by atoms with Gasteiger partial charge in [0.2, 0.25) is 0 Å². The molecule has 0 spiro atoms. The van der Waals surface area contributed by atoms with E-state index in [9.17, 15) is 0 Å². The second-order valence-corrected chi connectivity index (χ2v) is 4.32. The largest absolute Gasteiger partial charge is 0.493 e. The maximum Gasteiger partial charge on any atom is 0.178 e. The van der Waals surface area contributed by atoms with Crippen LogP contribution in [0.15, 0.2) is 24.3 Å². The molecule has 0 aliphatic heterocycles. The van der Waals surface area contributed by atoms with Crippen LogP contribution in [-0.2, 0) is 13.0 Å². The Morgan fingerprint density at radius 1 is 1.26 bits per heavy atom. The van der Waals surface area contributed by atoms with Crippen molar-refractivity contribution in [1.29, 1.82) is 0 Å². The summed E-state index contributed by atoms with van der Waals surface area (Å²) in [5.41, 5.74) is 1.22. The normalized spacial score (nSPS) is 10.6. The summed E-state index contributed by atoms with van der Waals surface area (Å²) < 4.78 is 5.63. The number of tetrazole rings is 1.